The lowest BCUT2D eigenvalue weighted by Gasteiger charge is -2.34. The van der Waals surface area contributed by atoms with Crippen LogP contribution in [0.5, 0.6) is 5.75 Å². The molecule has 9 nitrogen and oxygen atoms in total. The molecule has 5 rings (SSSR count). The van der Waals surface area contributed by atoms with Crippen LogP contribution < -0.4 is 15.8 Å². The van der Waals surface area contributed by atoms with Crippen molar-refractivity contribution in [3.05, 3.63) is 77.9 Å². The third kappa shape index (κ3) is 9.37. The van der Waals surface area contributed by atoms with Crippen molar-refractivity contribution in [1.82, 2.24) is 19.6 Å². The normalized spacial score (nSPS) is 15.7. The van der Waals surface area contributed by atoms with E-state index in [0.717, 1.165) is 56.2 Å². The Morgan fingerprint density at radius 2 is 1.87 bits per heavy atom. The summed E-state index contributed by atoms with van der Waals surface area (Å²) < 4.78 is 7.58. The van der Waals surface area contributed by atoms with Gasteiger partial charge in [0.15, 0.2) is 0 Å². The number of nitrogens with two attached hydrogens (primary N) is 1. The Morgan fingerprint density at radius 1 is 1.16 bits per heavy atom. The van der Waals surface area contributed by atoms with Gasteiger partial charge < -0.3 is 20.7 Å². The number of carbonyl (C=O) groups is 1. The van der Waals surface area contributed by atoms with E-state index < -0.39 is 0 Å². The number of anilines is 1. The molecule has 3 aromatic rings. The Hall–Kier alpha value is -3.76. The summed E-state index contributed by atoms with van der Waals surface area (Å²) in [5.74, 6) is 1.92. The molecule has 3 N–H and O–H groups in total. The van der Waals surface area contributed by atoms with Crippen molar-refractivity contribution in [2.24, 2.45) is 10.7 Å². The molecule has 242 valence electrons. The SMILES string of the molecule is C=C(/N=C/N)Nc1cc(C)c(C2CCN(C(=O)CN3CCCC3)CC2)cc1OC.Cc1ccnn1-c1ccccc1SC(C)C. The zero-order valence-corrected chi connectivity index (χ0v) is 28.3. The monoisotopic (exact) mass is 631 g/mol. The van der Waals surface area contributed by atoms with Crippen molar-refractivity contribution in [3.63, 3.8) is 0 Å². The predicted octanol–water partition coefficient (Wildman–Crippen LogP) is 6.36. The van der Waals surface area contributed by atoms with Crippen LogP contribution in [-0.4, -0.2) is 76.9 Å². The van der Waals surface area contributed by atoms with Crippen LogP contribution in [0.2, 0.25) is 0 Å². The van der Waals surface area contributed by atoms with Gasteiger partial charge in [-0.15, -0.1) is 11.8 Å². The number of nitrogens with one attached hydrogen (secondary N) is 1. The molecule has 0 unspecified atom stereocenters. The Bertz CT molecular complexity index is 1450. The number of piperidine rings is 1. The topological polar surface area (TPSA) is 101 Å². The molecule has 1 amide bonds. The van der Waals surface area contributed by atoms with Crippen LogP contribution in [0.15, 0.2) is 70.9 Å². The van der Waals surface area contributed by atoms with Crippen molar-refractivity contribution in [1.29, 1.82) is 0 Å². The number of aryl methyl sites for hydroxylation is 2. The average Bonchev–Trinajstić information content (AvgIpc) is 3.69. The molecule has 0 spiro atoms. The second kappa shape index (κ2) is 16.5. The van der Waals surface area contributed by atoms with Gasteiger partial charge in [0.2, 0.25) is 5.91 Å². The minimum atomic E-state index is 0.276. The second-order valence-electron chi connectivity index (χ2n) is 11.9. The third-order valence-electron chi connectivity index (χ3n) is 8.23. The molecule has 3 heterocycles. The molecule has 45 heavy (non-hydrogen) atoms. The molecule has 2 aromatic carbocycles. The van der Waals surface area contributed by atoms with Gasteiger partial charge in [-0.25, -0.2) is 9.67 Å². The molecule has 2 aliphatic rings. The molecule has 0 bridgehead atoms. The maximum atomic E-state index is 12.6. The van der Waals surface area contributed by atoms with Crippen LogP contribution in [0.4, 0.5) is 5.69 Å². The fourth-order valence-electron chi connectivity index (χ4n) is 5.97. The van der Waals surface area contributed by atoms with Crippen LogP contribution in [0.1, 0.15) is 62.3 Å². The van der Waals surface area contributed by atoms with E-state index in [4.69, 9.17) is 10.5 Å². The van der Waals surface area contributed by atoms with E-state index in [-0.39, 0.29) is 5.91 Å². The maximum Gasteiger partial charge on any atom is 0.236 e. The first kappa shape index (κ1) is 34.1. The zero-order valence-electron chi connectivity index (χ0n) is 27.5. The van der Waals surface area contributed by atoms with E-state index in [2.05, 4.69) is 91.0 Å². The van der Waals surface area contributed by atoms with Crippen molar-refractivity contribution >= 4 is 29.7 Å². The first-order chi connectivity index (χ1) is 21.7. The fourth-order valence-corrected chi connectivity index (χ4v) is 6.91. The van der Waals surface area contributed by atoms with Gasteiger partial charge in [0.1, 0.15) is 11.6 Å². The van der Waals surface area contributed by atoms with E-state index in [9.17, 15) is 4.79 Å². The molecule has 0 saturated carbocycles. The van der Waals surface area contributed by atoms with Crippen molar-refractivity contribution in [2.75, 3.05) is 45.2 Å². The molecule has 0 aliphatic carbocycles. The number of hydrogen-bond acceptors (Lipinski definition) is 7. The number of hydrogen-bond donors (Lipinski definition) is 2. The summed E-state index contributed by atoms with van der Waals surface area (Å²) in [6.07, 6.45) is 7.44. The molecule has 2 fully saturated rings. The second-order valence-corrected chi connectivity index (χ2v) is 13.5. The van der Waals surface area contributed by atoms with Gasteiger partial charge in [-0.05, 0) is 100.0 Å². The largest absolute Gasteiger partial charge is 0.495 e. The Morgan fingerprint density at radius 3 is 2.49 bits per heavy atom. The van der Waals surface area contributed by atoms with E-state index in [1.54, 1.807) is 7.11 Å². The zero-order chi connectivity index (χ0) is 32.3. The number of carbonyl (C=O) groups excluding carboxylic acids is 1. The number of ether oxygens (including phenoxy) is 1. The molecule has 2 saturated heterocycles. The van der Waals surface area contributed by atoms with Crippen LogP contribution in [-0.2, 0) is 4.79 Å². The van der Waals surface area contributed by atoms with Gasteiger partial charge in [-0.2, -0.15) is 5.10 Å². The van der Waals surface area contributed by atoms with Gasteiger partial charge in [0, 0.05) is 35.1 Å². The summed E-state index contributed by atoms with van der Waals surface area (Å²) in [7, 11) is 1.66. The Labute approximate surface area is 272 Å². The quantitative estimate of drug-likeness (QED) is 0.153. The lowest BCUT2D eigenvalue weighted by Crippen LogP contribution is -2.43. The highest BCUT2D eigenvalue weighted by Crippen LogP contribution is 2.37. The highest BCUT2D eigenvalue weighted by molar-refractivity contribution is 8.00. The van der Waals surface area contributed by atoms with E-state index in [1.807, 2.05) is 33.6 Å². The van der Waals surface area contributed by atoms with Gasteiger partial charge in [0.05, 0.1) is 31.4 Å². The number of methoxy groups -OCH3 is 1. The molecule has 0 atom stereocenters. The van der Waals surface area contributed by atoms with E-state index in [1.165, 1.54) is 40.9 Å². The number of thioether (sulfide) groups is 1. The number of rotatable bonds is 10. The smallest absolute Gasteiger partial charge is 0.236 e. The molecular weight excluding hydrogens is 582 g/mol. The minimum absolute atomic E-state index is 0.276. The van der Waals surface area contributed by atoms with Gasteiger partial charge in [0.25, 0.3) is 0 Å². The summed E-state index contributed by atoms with van der Waals surface area (Å²) in [5, 5.41) is 8.07. The van der Waals surface area contributed by atoms with Crippen molar-refractivity contribution < 1.29 is 9.53 Å². The van der Waals surface area contributed by atoms with Crippen LogP contribution in [0.3, 0.4) is 0 Å². The summed E-state index contributed by atoms with van der Waals surface area (Å²) in [4.78, 5) is 22.1. The van der Waals surface area contributed by atoms with Gasteiger partial charge in [-0.1, -0.05) is 32.6 Å². The lowest BCUT2D eigenvalue weighted by atomic mass is 9.86. The standard InChI is InChI=1S/C22H33N5O2.C13H16N2S/c1-16-12-20(25-17(2)24-15-23)21(29-3)13-19(16)18-6-10-27(11-7-18)22(28)14-26-8-4-5-9-26;1-10(2)16-13-7-5-4-6-12(13)15-11(3)8-9-14-15/h12-13,15,18,25H,2,4-11,14H2,1,3H3,(H2,23,24);4-10H,1-3H3. The summed E-state index contributed by atoms with van der Waals surface area (Å²) >= 11 is 1.87. The van der Waals surface area contributed by atoms with Crippen LogP contribution in [0.25, 0.3) is 5.69 Å². The highest BCUT2D eigenvalue weighted by Gasteiger charge is 2.27. The third-order valence-corrected chi connectivity index (χ3v) is 9.30. The molecule has 2 aliphatic heterocycles. The lowest BCUT2D eigenvalue weighted by molar-refractivity contribution is -0.133. The number of likely N-dealkylation sites (tertiary alicyclic amines) is 2. The van der Waals surface area contributed by atoms with Crippen LogP contribution >= 0.6 is 11.8 Å². The Balaban J connectivity index is 0.000000242. The molecule has 1 aromatic heterocycles. The summed E-state index contributed by atoms with van der Waals surface area (Å²) in [6.45, 7) is 16.8. The molecule has 10 heteroatoms. The fraction of sp³-hybridized carbons (Fsp3) is 0.457. The molecule has 0 radical (unpaired) electrons. The predicted molar refractivity (Wildman–Crippen MR) is 187 cm³/mol. The number of aromatic nitrogens is 2. The maximum absolute atomic E-state index is 12.6. The highest BCUT2D eigenvalue weighted by atomic mass is 32.2. The average molecular weight is 632 g/mol. The van der Waals surface area contributed by atoms with Gasteiger partial charge >= 0.3 is 0 Å². The number of para-hydroxylation sites is 1. The first-order valence-corrected chi connectivity index (χ1v) is 16.7. The first-order valence-electron chi connectivity index (χ1n) is 15.9. The van der Waals surface area contributed by atoms with E-state index >= 15 is 0 Å². The summed E-state index contributed by atoms with van der Waals surface area (Å²) in [6, 6.07) is 14.6. The Kier molecular flexibility index (Phi) is 12.5. The number of amides is 1. The number of aliphatic imine (C=N–C) groups is 1. The molecular formula is C35H49N7O2S. The number of benzene rings is 2. The van der Waals surface area contributed by atoms with E-state index in [0.29, 0.717) is 23.5 Å². The van der Waals surface area contributed by atoms with Crippen LogP contribution in [0, 0.1) is 13.8 Å². The van der Waals surface area contributed by atoms with Crippen molar-refractivity contribution in [3.8, 4) is 11.4 Å². The minimum Gasteiger partial charge on any atom is -0.495 e. The summed E-state index contributed by atoms with van der Waals surface area (Å²) in [5.41, 5.74) is 11.0. The van der Waals surface area contributed by atoms with Crippen molar-refractivity contribution in [2.45, 2.75) is 69.4 Å². The number of nitrogens with zero attached hydrogens (tertiary/aromatic N) is 5. The van der Waals surface area contributed by atoms with Gasteiger partial charge in [-0.3, -0.25) is 9.69 Å².